The van der Waals surface area contributed by atoms with Crippen molar-refractivity contribution in [1.29, 1.82) is 0 Å². The minimum Gasteiger partial charge on any atom is -0.481 e. The number of aliphatic hydroxyl groups is 2. The Labute approximate surface area is 150 Å². The molecule has 0 spiro atoms. The smallest absolute Gasteiger partial charge is 0.303 e. The van der Waals surface area contributed by atoms with Gasteiger partial charge in [0.1, 0.15) is 5.78 Å². The molecule has 0 aromatic carbocycles. The van der Waals surface area contributed by atoms with Gasteiger partial charge in [-0.15, -0.1) is 0 Å². The molecule has 5 nitrogen and oxygen atoms in total. The highest BCUT2D eigenvalue weighted by atomic mass is 16.4. The van der Waals surface area contributed by atoms with E-state index in [1.165, 1.54) is 0 Å². The number of aliphatic carboxylic acids is 1. The monoisotopic (exact) mass is 352 g/mol. The van der Waals surface area contributed by atoms with Crippen LogP contribution in [0.2, 0.25) is 0 Å². The number of allylic oxidation sites excluding steroid dienone is 2. The summed E-state index contributed by atoms with van der Waals surface area (Å²) < 4.78 is 0. The van der Waals surface area contributed by atoms with Gasteiger partial charge in [-0.1, -0.05) is 50.5 Å². The molecule has 5 heteroatoms. The molecule has 0 bridgehead atoms. The maximum Gasteiger partial charge on any atom is 0.303 e. The molecular formula is C20H32O5. The van der Waals surface area contributed by atoms with Crippen LogP contribution in [0.25, 0.3) is 0 Å². The maximum absolute atomic E-state index is 12.1. The minimum absolute atomic E-state index is 0.0535. The SMILES string of the molecule is CCCCC[C@H](O)/C=C/[C@H]1C(O)CC(=O)[C@@H]1C/C=C\CCCC(=O)O. The fourth-order valence-corrected chi connectivity index (χ4v) is 3.22. The van der Waals surface area contributed by atoms with E-state index < -0.39 is 18.2 Å². The van der Waals surface area contributed by atoms with Gasteiger partial charge in [0.15, 0.2) is 0 Å². The van der Waals surface area contributed by atoms with Crippen molar-refractivity contribution in [2.75, 3.05) is 0 Å². The van der Waals surface area contributed by atoms with Crippen LogP contribution in [0.4, 0.5) is 0 Å². The van der Waals surface area contributed by atoms with Crippen LogP contribution < -0.4 is 0 Å². The predicted octanol–water partition coefficient (Wildman–Crippen LogP) is 3.25. The molecule has 0 amide bonds. The number of carbonyl (C=O) groups is 2. The zero-order valence-corrected chi connectivity index (χ0v) is 15.1. The van der Waals surface area contributed by atoms with Gasteiger partial charge in [-0.05, 0) is 25.7 Å². The zero-order chi connectivity index (χ0) is 18.7. The lowest BCUT2D eigenvalue weighted by Crippen LogP contribution is -2.18. The van der Waals surface area contributed by atoms with Crippen molar-refractivity contribution in [1.82, 2.24) is 0 Å². The Morgan fingerprint density at radius 3 is 2.72 bits per heavy atom. The van der Waals surface area contributed by atoms with Gasteiger partial charge in [0.05, 0.1) is 12.2 Å². The third-order valence-electron chi connectivity index (χ3n) is 4.71. The van der Waals surface area contributed by atoms with Crippen LogP contribution >= 0.6 is 0 Å². The van der Waals surface area contributed by atoms with E-state index in [1.54, 1.807) is 12.2 Å². The van der Waals surface area contributed by atoms with E-state index >= 15 is 0 Å². The van der Waals surface area contributed by atoms with E-state index in [0.29, 0.717) is 25.7 Å². The topological polar surface area (TPSA) is 94.8 Å². The van der Waals surface area contributed by atoms with Gasteiger partial charge < -0.3 is 15.3 Å². The summed E-state index contributed by atoms with van der Waals surface area (Å²) in [4.78, 5) is 22.5. The number of rotatable bonds is 12. The van der Waals surface area contributed by atoms with Gasteiger partial charge in [-0.25, -0.2) is 0 Å². The van der Waals surface area contributed by atoms with Gasteiger partial charge in [0.2, 0.25) is 0 Å². The predicted molar refractivity (Wildman–Crippen MR) is 97.1 cm³/mol. The number of Topliss-reactive ketones (excluding diaryl/α,β-unsaturated/α-hetero) is 1. The first-order valence-corrected chi connectivity index (χ1v) is 9.39. The van der Waals surface area contributed by atoms with Crippen molar-refractivity contribution in [3.63, 3.8) is 0 Å². The molecule has 0 heterocycles. The van der Waals surface area contributed by atoms with Gasteiger partial charge >= 0.3 is 5.97 Å². The number of hydrogen-bond acceptors (Lipinski definition) is 4. The van der Waals surface area contributed by atoms with Gasteiger partial charge in [0.25, 0.3) is 0 Å². The van der Waals surface area contributed by atoms with Crippen LogP contribution in [0, 0.1) is 11.8 Å². The maximum atomic E-state index is 12.1. The standard InChI is InChI=1S/C20H32O5/c1-2-3-6-9-15(21)12-13-17-16(18(22)14-19(17)23)10-7-4-5-8-11-20(24)25/h4,7,12-13,15-17,19,21,23H,2-3,5-6,8-11,14H2,1H3,(H,24,25)/b7-4-,13-12+/t15-,16+,17+,19?/m0/s1. The van der Waals surface area contributed by atoms with Crippen LogP contribution in [0.15, 0.2) is 24.3 Å². The fraction of sp³-hybridized carbons (Fsp3) is 0.700. The Kier molecular flexibility index (Phi) is 10.3. The van der Waals surface area contributed by atoms with Crippen molar-refractivity contribution in [3.8, 4) is 0 Å². The lowest BCUT2D eigenvalue weighted by molar-refractivity contribution is -0.137. The summed E-state index contributed by atoms with van der Waals surface area (Å²) in [6.07, 6.45) is 12.1. The molecule has 1 saturated carbocycles. The van der Waals surface area contributed by atoms with E-state index in [9.17, 15) is 19.8 Å². The third-order valence-corrected chi connectivity index (χ3v) is 4.71. The van der Waals surface area contributed by atoms with E-state index in [-0.39, 0.29) is 30.5 Å². The molecule has 25 heavy (non-hydrogen) atoms. The lowest BCUT2D eigenvalue weighted by atomic mass is 9.90. The molecule has 0 radical (unpaired) electrons. The molecule has 1 aliphatic carbocycles. The van der Waals surface area contributed by atoms with E-state index in [4.69, 9.17) is 5.11 Å². The number of aliphatic hydroxyl groups excluding tert-OH is 2. The summed E-state index contributed by atoms with van der Waals surface area (Å²) in [5, 5.41) is 28.7. The first-order chi connectivity index (χ1) is 12.0. The summed E-state index contributed by atoms with van der Waals surface area (Å²) in [5.41, 5.74) is 0. The summed E-state index contributed by atoms with van der Waals surface area (Å²) in [7, 11) is 0. The Morgan fingerprint density at radius 2 is 2.04 bits per heavy atom. The van der Waals surface area contributed by atoms with E-state index in [0.717, 1.165) is 19.3 Å². The molecular weight excluding hydrogens is 320 g/mol. The summed E-state index contributed by atoms with van der Waals surface area (Å²) in [6.45, 7) is 2.11. The number of hydrogen-bond donors (Lipinski definition) is 3. The molecule has 1 fully saturated rings. The Morgan fingerprint density at radius 1 is 1.28 bits per heavy atom. The molecule has 0 aromatic rings. The van der Waals surface area contributed by atoms with Gasteiger partial charge in [-0.2, -0.15) is 0 Å². The quantitative estimate of drug-likeness (QED) is 0.370. The number of ketones is 1. The number of carbonyl (C=O) groups excluding carboxylic acids is 1. The molecule has 4 atom stereocenters. The molecule has 1 rings (SSSR count). The van der Waals surface area contributed by atoms with Gasteiger partial charge in [-0.3, -0.25) is 9.59 Å². The van der Waals surface area contributed by atoms with Crippen LogP contribution in [-0.4, -0.2) is 39.3 Å². The first-order valence-electron chi connectivity index (χ1n) is 9.39. The zero-order valence-electron chi connectivity index (χ0n) is 15.1. The highest BCUT2D eigenvalue weighted by Crippen LogP contribution is 2.33. The Hall–Kier alpha value is -1.46. The molecule has 3 N–H and O–H groups in total. The molecule has 1 aliphatic rings. The summed E-state index contributed by atoms with van der Waals surface area (Å²) in [5.74, 6) is -1.26. The molecule has 0 saturated heterocycles. The molecule has 0 aromatic heterocycles. The number of unbranched alkanes of at least 4 members (excludes halogenated alkanes) is 3. The van der Waals surface area contributed by atoms with Crippen molar-refractivity contribution in [2.24, 2.45) is 11.8 Å². The third kappa shape index (κ3) is 8.45. The largest absolute Gasteiger partial charge is 0.481 e. The van der Waals surface area contributed by atoms with E-state index in [2.05, 4.69) is 6.92 Å². The molecule has 142 valence electrons. The highest BCUT2D eigenvalue weighted by molar-refractivity contribution is 5.84. The second kappa shape index (κ2) is 12.0. The van der Waals surface area contributed by atoms with Crippen LogP contribution in [0.5, 0.6) is 0 Å². The fourth-order valence-electron chi connectivity index (χ4n) is 3.22. The van der Waals surface area contributed by atoms with Crippen molar-refractivity contribution in [3.05, 3.63) is 24.3 Å². The highest BCUT2D eigenvalue weighted by Gasteiger charge is 2.39. The average molecular weight is 352 g/mol. The van der Waals surface area contributed by atoms with Gasteiger partial charge in [0, 0.05) is 24.7 Å². The number of carboxylic acids is 1. The first kappa shape index (κ1) is 21.6. The van der Waals surface area contributed by atoms with Crippen molar-refractivity contribution >= 4 is 11.8 Å². The normalized spacial score (nSPS) is 25.2. The Bertz CT molecular complexity index is 469. The molecule has 0 aliphatic heterocycles. The van der Waals surface area contributed by atoms with E-state index in [1.807, 2.05) is 12.2 Å². The van der Waals surface area contributed by atoms with Crippen LogP contribution in [-0.2, 0) is 9.59 Å². The molecule has 1 unspecified atom stereocenters. The second-order valence-electron chi connectivity index (χ2n) is 6.86. The summed E-state index contributed by atoms with van der Waals surface area (Å²) in [6, 6.07) is 0. The van der Waals surface area contributed by atoms with Crippen molar-refractivity contribution < 1.29 is 24.9 Å². The average Bonchev–Trinajstić information content (AvgIpc) is 2.82. The Balaban J connectivity index is 2.48. The van der Waals surface area contributed by atoms with Crippen LogP contribution in [0.3, 0.4) is 0 Å². The van der Waals surface area contributed by atoms with Crippen molar-refractivity contribution in [2.45, 2.75) is 76.9 Å². The van der Waals surface area contributed by atoms with Crippen LogP contribution in [0.1, 0.15) is 64.7 Å². The second-order valence-corrected chi connectivity index (χ2v) is 6.86. The number of carboxylic acid groups (broad SMARTS) is 1. The summed E-state index contributed by atoms with van der Waals surface area (Å²) >= 11 is 0. The lowest BCUT2D eigenvalue weighted by Gasteiger charge is -2.16. The minimum atomic E-state index is -0.801.